The Morgan fingerprint density at radius 2 is 1.59 bits per heavy atom. The number of amides is 2. The number of nitrogens with zero attached hydrogens (tertiary/aromatic N) is 1. The standard InChI is InChI=1S/C20H19N3O3S/c1-26-12-19(25)22-16-9-7-15(8-10-16)21-18(24)11-17-13-27-20(23-17)14-5-3-2-4-6-14/h2-10,13H,11-12H2,1H3,(H,21,24)(H,22,25). The third-order valence-electron chi connectivity index (χ3n) is 3.64. The number of thiazole rings is 1. The highest BCUT2D eigenvalue weighted by atomic mass is 32.1. The maximum Gasteiger partial charge on any atom is 0.250 e. The van der Waals surface area contributed by atoms with E-state index in [1.807, 2.05) is 35.7 Å². The van der Waals surface area contributed by atoms with Crippen LogP contribution in [0.5, 0.6) is 0 Å². The fourth-order valence-corrected chi connectivity index (χ4v) is 3.26. The molecule has 7 heteroatoms. The highest BCUT2D eigenvalue weighted by molar-refractivity contribution is 7.13. The number of ether oxygens (including phenoxy) is 1. The second kappa shape index (κ2) is 9.07. The zero-order valence-electron chi connectivity index (χ0n) is 14.8. The molecule has 0 radical (unpaired) electrons. The molecule has 138 valence electrons. The summed E-state index contributed by atoms with van der Waals surface area (Å²) >= 11 is 1.52. The summed E-state index contributed by atoms with van der Waals surface area (Å²) in [6.07, 6.45) is 0.204. The first-order valence-electron chi connectivity index (χ1n) is 8.32. The first-order chi connectivity index (χ1) is 13.1. The van der Waals surface area contributed by atoms with Crippen LogP contribution in [0.25, 0.3) is 10.6 Å². The topological polar surface area (TPSA) is 80.3 Å². The number of nitrogens with one attached hydrogen (secondary N) is 2. The molecule has 3 aromatic rings. The predicted octanol–water partition coefficient (Wildman–Crippen LogP) is 3.58. The van der Waals surface area contributed by atoms with E-state index in [2.05, 4.69) is 15.6 Å². The first kappa shape index (κ1) is 18.8. The van der Waals surface area contributed by atoms with Crippen molar-refractivity contribution in [1.29, 1.82) is 0 Å². The van der Waals surface area contributed by atoms with Crippen LogP contribution in [0.4, 0.5) is 11.4 Å². The first-order valence-corrected chi connectivity index (χ1v) is 9.20. The second-order valence-corrected chi connectivity index (χ2v) is 6.65. The summed E-state index contributed by atoms with van der Waals surface area (Å²) in [4.78, 5) is 28.2. The van der Waals surface area contributed by atoms with E-state index in [-0.39, 0.29) is 24.8 Å². The van der Waals surface area contributed by atoms with Crippen LogP contribution >= 0.6 is 11.3 Å². The summed E-state index contributed by atoms with van der Waals surface area (Å²) in [6, 6.07) is 16.8. The predicted molar refractivity (Wildman–Crippen MR) is 107 cm³/mol. The summed E-state index contributed by atoms with van der Waals surface area (Å²) in [6.45, 7) is -0.00288. The van der Waals surface area contributed by atoms with Gasteiger partial charge in [-0.15, -0.1) is 11.3 Å². The van der Waals surface area contributed by atoms with Crippen LogP contribution in [-0.4, -0.2) is 30.5 Å². The van der Waals surface area contributed by atoms with E-state index in [1.54, 1.807) is 24.3 Å². The molecule has 0 bridgehead atoms. The zero-order valence-corrected chi connectivity index (χ0v) is 15.6. The van der Waals surface area contributed by atoms with Crippen LogP contribution in [0.15, 0.2) is 60.0 Å². The summed E-state index contributed by atoms with van der Waals surface area (Å²) < 4.78 is 4.76. The van der Waals surface area contributed by atoms with Crippen molar-refractivity contribution in [3.63, 3.8) is 0 Å². The Labute approximate surface area is 161 Å². The van der Waals surface area contributed by atoms with Gasteiger partial charge in [0.05, 0.1) is 12.1 Å². The molecule has 3 rings (SSSR count). The number of hydrogen-bond acceptors (Lipinski definition) is 5. The van der Waals surface area contributed by atoms with Crippen molar-refractivity contribution in [3.05, 3.63) is 65.7 Å². The number of aromatic nitrogens is 1. The van der Waals surface area contributed by atoms with Crippen molar-refractivity contribution in [2.45, 2.75) is 6.42 Å². The normalized spacial score (nSPS) is 10.4. The molecule has 0 aliphatic heterocycles. The largest absolute Gasteiger partial charge is 0.375 e. The zero-order chi connectivity index (χ0) is 19.1. The van der Waals surface area contributed by atoms with Gasteiger partial charge in [-0.25, -0.2) is 4.98 Å². The average Bonchev–Trinajstić information content (AvgIpc) is 3.12. The van der Waals surface area contributed by atoms with Gasteiger partial charge in [-0.3, -0.25) is 9.59 Å². The van der Waals surface area contributed by atoms with E-state index in [9.17, 15) is 9.59 Å². The highest BCUT2D eigenvalue weighted by Gasteiger charge is 2.09. The SMILES string of the molecule is COCC(=O)Nc1ccc(NC(=O)Cc2csc(-c3ccccc3)n2)cc1. The number of rotatable bonds is 7. The molecule has 0 fully saturated rings. The lowest BCUT2D eigenvalue weighted by atomic mass is 10.2. The van der Waals surface area contributed by atoms with Crippen molar-refractivity contribution >= 4 is 34.5 Å². The molecule has 1 heterocycles. The van der Waals surface area contributed by atoms with Crippen molar-refractivity contribution in [3.8, 4) is 10.6 Å². The fourth-order valence-electron chi connectivity index (χ4n) is 2.44. The van der Waals surface area contributed by atoms with Crippen molar-refractivity contribution < 1.29 is 14.3 Å². The molecule has 0 spiro atoms. The molecule has 2 N–H and O–H groups in total. The highest BCUT2D eigenvalue weighted by Crippen LogP contribution is 2.23. The van der Waals surface area contributed by atoms with E-state index in [0.29, 0.717) is 11.4 Å². The van der Waals surface area contributed by atoms with Crippen LogP contribution in [0.3, 0.4) is 0 Å². The van der Waals surface area contributed by atoms with Crippen molar-refractivity contribution in [2.75, 3.05) is 24.4 Å². The van der Waals surface area contributed by atoms with Gasteiger partial charge in [-0.1, -0.05) is 30.3 Å². The summed E-state index contributed by atoms with van der Waals surface area (Å²) in [5.74, 6) is -0.372. The number of carbonyl (C=O) groups excluding carboxylic acids is 2. The number of carbonyl (C=O) groups is 2. The van der Waals surface area contributed by atoms with Gasteiger partial charge in [0.15, 0.2) is 0 Å². The van der Waals surface area contributed by atoms with Crippen LogP contribution in [0, 0.1) is 0 Å². The lowest BCUT2D eigenvalue weighted by Crippen LogP contribution is -2.17. The third-order valence-corrected chi connectivity index (χ3v) is 4.58. The number of anilines is 2. The maximum absolute atomic E-state index is 12.2. The molecule has 1 aromatic heterocycles. The van der Waals surface area contributed by atoms with Gasteiger partial charge < -0.3 is 15.4 Å². The Morgan fingerprint density at radius 3 is 2.22 bits per heavy atom. The molecule has 27 heavy (non-hydrogen) atoms. The second-order valence-electron chi connectivity index (χ2n) is 5.79. The monoisotopic (exact) mass is 381 g/mol. The van der Waals surface area contributed by atoms with E-state index in [0.717, 1.165) is 16.3 Å². The minimum atomic E-state index is -0.230. The lowest BCUT2D eigenvalue weighted by molar-refractivity contribution is -0.119. The molecular weight excluding hydrogens is 362 g/mol. The van der Waals surface area contributed by atoms with Gasteiger partial charge in [-0.05, 0) is 24.3 Å². The summed E-state index contributed by atoms with van der Waals surface area (Å²) in [5.41, 5.74) is 3.07. The minimum Gasteiger partial charge on any atom is -0.375 e. The number of hydrogen-bond donors (Lipinski definition) is 2. The minimum absolute atomic E-state index is 0.00288. The molecule has 0 aliphatic carbocycles. The van der Waals surface area contributed by atoms with Crippen LogP contribution in [0.1, 0.15) is 5.69 Å². The molecule has 0 saturated carbocycles. The van der Waals surface area contributed by atoms with Gasteiger partial charge in [-0.2, -0.15) is 0 Å². The molecule has 2 aromatic carbocycles. The molecule has 0 aliphatic rings. The number of methoxy groups -OCH3 is 1. The molecule has 0 atom stereocenters. The van der Waals surface area contributed by atoms with Crippen LogP contribution in [0.2, 0.25) is 0 Å². The summed E-state index contributed by atoms with van der Waals surface area (Å²) in [7, 11) is 1.46. The Bertz CT molecular complexity index is 908. The molecule has 2 amide bonds. The van der Waals surface area contributed by atoms with E-state index in [4.69, 9.17) is 4.74 Å². The van der Waals surface area contributed by atoms with Gasteiger partial charge in [0.2, 0.25) is 11.8 Å². The Hall–Kier alpha value is -3.03. The van der Waals surface area contributed by atoms with Gasteiger partial charge in [0.25, 0.3) is 0 Å². The van der Waals surface area contributed by atoms with E-state index < -0.39 is 0 Å². The van der Waals surface area contributed by atoms with E-state index >= 15 is 0 Å². The molecular formula is C20H19N3O3S. The fraction of sp³-hybridized carbons (Fsp3) is 0.150. The van der Waals surface area contributed by atoms with Gasteiger partial charge in [0.1, 0.15) is 11.6 Å². The Balaban J connectivity index is 1.55. The molecule has 6 nitrogen and oxygen atoms in total. The lowest BCUT2D eigenvalue weighted by Gasteiger charge is -2.07. The Morgan fingerprint density at radius 1 is 0.963 bits per heavy atom. The average molecular weight is 381 g/mol. The van der Waals surface area contributed by atoms with E-state index in [1.165, 1.54) is 18.4 Å². The smallest absolute Gasteiger partial charge is 0.250 e. The molecule has 0 saturated heterocycles. The maximum atomic E-state index is 12.2. The third kappa shape index (κ3) is 5.47. The van der Waals surface area contributed by atoms with Crippen LogP contribution < -0.4 is 10.6 Å². The summed E-state index contributed by atoms with van der Waals surface area (Å²) in [5, 5.41) is 8.33. The van der Waals surface area contributed by atoms with Crippen LogP contribution in [-0.2, 0) is 20.7 Å². The van der Waals surface area contributed by atoms with Crippen molar-refractivity contribution in [1.82, 2.24) is 4.98 Å². The van der Waals surface area contributed by atoms with Gasteiger partial charge in [0, 0.05) is 29.4 Å². The van der Waals surface area contributed by atoms with Crippen molar-refractivity contribution in [2.24, 2.45) is 0 Å². The quantitative estimate of drug-likeness (QED) is 0.656. The van der Waals surface area contributed by atoms with Gasteiger partial charge >= 0.3 is 0 Å². The molecule has 0 unspecified atom stereocenters. The number of benzene rings is 2. The Kier molecular flexibility index (Phi) is 6.30.